The number of carbonyl (C=O) groups excluding carboxylic acids is 2. The fourth-order valence-corrected chi connectivity index (χ4v) is 4.22. The maximum absolute atomic E-state index is 13.0. The summed E-state index contributed by atoms with van der Waals surface area (Å²) in [7, 11) is 0. The molecule has 0 bridgehead atoms. The first-order valence-electron chi connectivity index (χ1n) is 10.2. The number of hydrogen-bond acceptors (Lipinski definition) is 4. The summed E-state index contributed by atoms with van der Waals surface area (Å²) in [4.78, 5) is 30.7. The van der Waals surface area contributed by atoms with Crippen LogP contribution in [-0.4, -0.2) is 34.0 Å². The zero-order chi connectivity index (χ0) is 21.6. The molecule has 2 aromatic heterocycles. The second-order valence-corrected chi connectivity index (χ2v) is 8.23. The summed E-state index contributed by atoms with van der Waals surface area (Å²) in [6, 6.07) is 20.6. The van der Waals surface area contributed by atoms with Gasteiger partial charge in [-0.05, 0) is 36.1 Å². The van der Waals surface area contributed by atoms with Gasteiger partial charge in [-0.25, -0.2) is 4.98 Å². The molecule has 0 aliphatic rings. The molecule has 0 spiro atoms. The van der Waals surface area contributed by atoms with Crippen molar-refractivity contribution < 1.29 is 9.59 Å². The number of aryl methyl sites for hydroxylation is 1. The Balaban J connectivity index is 1.43. The summed E-state index contributed by atoms with van der Waals surface area (Å²) in [5.41, 5.74) is 2.98. The van der Waals surface area contributed by atoms with Gasteiger partial charge in [-0.2, -0.15) is 0 Å². The molecule has 0 radical (unpaired) electrons. The van der Waals surface area contributed by atoms with Crippen molar-refractivity contribution in [3.05, 3.63) is 88.4 Å². The minimum absolute atomic E-state index is 0.198. The molecule has 0 saturated carbocycles. The Kier molecular flexibility index (Phi) is 6.43. The second kappa shape index (κ2) is 9.57. The topological polar surface area (TPSA) is 76.0 Å². The van der Waals surface area contributed by atoms with E-state index in [1.807, 2.05) is 73.0 Å². The summed E-state index contributed by atoms with van der Waals surface area (Å²) in [5, 5.41) is 7.72. The number of imidazole rings is 1. The first-order chi connectivity index (χ1) is 15.1. The Morgan fingerprint density at radius 1 is 1.03 bits per heavy atom. The van der Waals surface area contributed by atoms with Crippen molar-refractivity contribution in [2.45, 2.75) is 25.9 Å². The van der Waals surface area contributed by atoms with Crippen molar-refractivity contribution in [1.29, 1.82) is 0 Å². The van der Waals surface area contributed by atoms with Gasteiger partial charge in [-0.3, -0.25) is 9.59 Å². The van der Waals surface area contributed by atoms with Gasteiger partial charge in [-0.1, -0.05) is 48.5 Å². The fraction of sp³-hybridized carbons (Fsp3) is 0.208. The highest BCUT2D eigenvalue weighted by Gasteiger charge is 2.22. The number of aromatic nitrogens is 2. The third-order valence-corrected chi connectivity index (χ3v) is 6.00. The molecular weight excluding hydrogens is 408 g/mol. The molecule has 4 rings (SSSR count). The lowest BCUT2D eigenvalue weighted by molar-refractivity contribution is -0.123. The minimum atomic E-state index is -0.655. The molecule has 0 aliphatic heterocycles. The number of benzene rings is 2. The molecule has 2 aromatic carbocycles. The van der Waals surface area contributed by atoms with E-state index in [1.165, 1.54) is 11.3 Å². The van der Waals surface area contributed by atoms with Crippen molar-refractivity contribution in [1.82, 2.24) is 20.2 Å². The van der Waals surface area contributed by atoms with E-state index in [0.717, 1.165) is 22.4 Å². The Morgan fingerprint density at radius 2 is 1.81 bits per heavy atom. The van der Waals surface area contributed by atoms with E-state index in [0.29, 0.717) is 24.4 Å². The summed E-state index contributed by atoms with van der Waals surface area (Å²) < 4.78 is 2.09. The van der Waals surface area contributed by atoms with Crippen LogP contribution in [-0.2, 0) is 17.8 Å². The van der Waals surface area contributed by atoms with Gasteiger partial charge >= 0.3 is 0 Å². The van der Waals surface area contributed by atoms with Crippen molar-refractivity contribution in [2.75, 3.05) is 6.54 Å². The number of fused-ring (bicyclic) bond motifs is 1. The molecule has 1 atom stereocenters. The Labute approximate surface area is 184 Å². The first kappa shape index (κ1) is 20.8. The van der Waals surface area contributed by atoms with E-state index < -0.39 is 6.04 Å². The lowest BCUT2D eigenvalue weighted by atomic mass is 10.1. The van der Waals surface area contributed by atoms with Crippen molar-refractivity contribution >= 4 is 34.2 Å². The van der Waals surface area contributed by atoms with Gasteiger partial charge in [0.05, 0.1) is 15.9 Å². The van der Waals surface area contributed by atoms with E-state index in [1.54, 1.807) is 6.07 Å². The molecule has 2 heterocycles. The van der Waals surface area contributed by atoms with Gasteiger partial charge in [-0.15, -0.1) is 11.3 Å². The van der Waals surface area contributed by atoms with Gasteiger partial charge in [0.15, 0.2) is 0 Å². The Hall–Kier alpha value is -3.45. The zero-order valence-corrected chi connectivity index (χ0v) is 18.1. The second-order valence-electron chi connectivity index (χ2n) is 7.28. The molecule has 2 amide bonds. The number of hydrogen-bond donors (Lipinski definition) is 2. The van der Waals surface area contributed by atoms with E-state index in [9.17, 15) is 9.59 Å². The quantitative estimate of drug-likeness (QED) is 0.447. The van der Waals surface area contributed by atoms with Crippen LogP contribution in [0.15, 0.2) is 72.1 Å². The minimum Gasteiger partial charge on any atom is -0.353 e. The maximum atomic E-state index is 13.0. The molecule has 6 nitrogen and oxygen atoms in total. The largest absolute Gasteiger partial charge is 0.353 e. The van der Waals surface area contributed by atoms with Gasteiger partial charge in [0.1, 0.15) is 11.9 Å². The van der Waals surface area contributed by atoms with Crippen molar-refractivity contribution in [3.8, 4) is 0 Å². The summed E-state index contributed by atoms with van der Waals surface area (Å²) in [5.74, 6) is 0.473. The predicted molar refractivity (Wildman–Crippen MR) is 123 cm³/mol. The van der Waals surface area contributed by atoms with E-state index in [2.05, 4.69) is 20.2 Å². The highest BCUT2D eigenvalue weighted by molar-refractivity contribution is 7.12. The van der Waals surface area contributed by atoms with Gasteiger partial charge in [0.2, 0.25) is 5.91 Å². The molecular formula is C24H24N4O2S. The molecule has 158 valence electrons. The van der Waals surface area contributed by atoms with Crippen LogP contribution in [0.2, 0.25) is 0 Å². The number of rotatable bonds is 8. The fourth-order valence-electron chi connectivity index (χ4n) is 3.59. The summed E-state index contributed by atoms with van der Waals surface area (Å²) in [6.07, 6.45) is 0.427. The van der Waals surface area contributed by atoms with Crippen LogP contribution in [0.5, 0.6) is 0 Å². The van der Waals surface area contributed by atoms with Gasteiger partial charge < -0.3 is 15.2 Å². The first-order valence-corrected chi connectivity index (χ1v) is 11.1. The summed E-state index contributed by atoms with van der Waals surface area (Å²) >= 11 is 1.36. The molecule has 4 aromatic rings. The van der Waals surface area contributed by atoms with Crippen LogP contribution in [0.25, 0.3) is 11.0 Å². The number of carbonyl (C=O) groups is 2. The van der Waals surface area contributed by atoms with E-state index in [-0.39, 0.29) is 11.8 Å². The van der Waals surface area contributed by atoms with Crippen molar-refractivity contribution in [2.24, 2.45) is 0 Å². The van der Waals surface area contributed by atoms with Crippen LogP contribution in [0.3, 0.4) is 0 Å². The molecule has 0 saturated heterocycles. The number of nitrogens with zero attached hydrogens (tertiary/aromatic N) is 2. The van der Waals surface area contributed by atoms with E-state index in [4.69, 9.17) is 0 Å². The predicted octanol–water partition coefficient (Wildman–Crippen LogP) is 3.56. The SMILES string of the molecule is Cc1nc2ccccc2n1CCNC(=O)[C@H](Cc1ccccc1)NC(=O)c1cccs1. The van der Waals surface area contributed by atoms with Crippen LogP contribution < -0.4 is 10.6 Å². The van der Waals surface area contributed by atoms with Gasteiger partial charge in [0, 0.05) is 19.5 Å². The third-order valence-electron chi connectivity index (χ3n) is 5.13. The smallest absolute Gasteiger partial charge is 0.262 e. The molecule has 7 heteroatoms. The average molecular weight is 433 g/mol. The molecule has 31 heavy (non-hydrogen) atoms. The van der Waals surface area contributed by atoms with Gasteiger partial charge in [0.25, 0.3) is 5.91 Å². The lowest BCUT2D eigenvalue weighted by Gasteiger charge is -2.19. The Morgan fingerprint density at radius 3 is 2.58 bits per heavy atom. The van der Waals surface area contributed by atoms with Crippen LogP contribution in [0.1, 0.15) is 21.1 Å². The average Bonchev–Trinajstić information content (AvgIpc) is 3.42. The third kappa shape index (κ3) is 5.00. The molecule has 2 N–H and O–H groups in total. The number of nitrogens with one attached hydrogen (secondary N) is 2. The van der Waals surface area contributed by atoms with Crippen LogP contribution in [0.4, 0.5) is 0 Å². The molecule has 0 fully saturated rings. The number of para-hydroxylation sites is 2. The van der Waals surface area contributed by atoms with E-state index >= 15 is 0 Å². The monoisotopic (exact) mass is 432 g/mol. The molecule has 0 unspecified atom stereocenters. The normalized spacial score (nSPS) is 11.9. The molecule has 0 aliphatic carbocycles. The standard InChI is InChI=1S/C24H24N4O2S/c1-17-26-19-10-5-6-11-21(19)28(17)14-13-25-23(29)20(16-18-8-3-2-4-9-18)27-24(30)22-12-7-15-31-22/h2-12,15,20H,13-14,16H2,1H3,(H,25,29)(H,27,30)/t20-/m0/s1. The van der Waals surface area contributed by atoms with Crippen molar-refractivity contribution in [3.63, 3.8) is 0 Å². The van der Waals surface area contributed by atoms with Crippen LogP contribution >= 0.6 is 11.3 Å². The lowest BCUT2D eigenvalue weighted by Crippen LogP contribution is -2.48. The summed E-state index contributed by atoms with van der Waals surface area (Å²) in [6.45, 7) is 3.01. The highest BCUT2D eigenvalue weighted by Crippen LogP contribution is 2.15. The number of amides is 2. The number of thiophene rings is 1. The van der Waals surface area contributed by atoms with Crippen LogP contribution in [0, 0.1) is 6.92 Å². The highest BCUT2D eigenvalue weighted by atomic mass is 32.1. The Bertz CT molecular complexity index is 1170. The zero-order valence-electron chi connectivity index (χ0n) is 17.2. The maximum Gasteiger partial charge on any atom is 0.262 e.